The minimum Gasteiger partial charge on any atom is -0.496 e. The van der Waals surface area contributed by atoms with Crippen LogP contribution in [0.2, 0.25) is 0 Å². The van der Waals surface area contributed by atoms with Gasteiger partial charge in [0.15, 0.2) is 0 Å². The third-order valence-corrected chi connectivity index (χ3v) is 7.53. The average molecular weight is 718 g/mol. The Hall–Kier alpha value is -5.36. The lowest BCUT2D eigenvalue weighted by Gasteiger charge is -2.22. The number of aromatic nitrogens is 2. The number of pyridine rings is 2. The zero-order valence-corrected chi connectivity index (χ0v) is 26.4. The Morgan fingerprint density at radius 3 is 2.20 bits per heavy atom. The van der Waals surface area contributed by atoms with E-state index in [1.807, 2.05) is 11.0 Å². The van der Waals surface area contributed by atoms with Crippen LogP contribution >= 0.6 is 0 Å². The molecule has 13 nitrogen and oxygen atoms in total. The van der Waals surface area contributed by atoms with Crippen LogP contribution in [0.15, 0.2) is 42.6 Å². The summed E-state index contributed by atoms with van der Waals surface area (Å²) in [6.07, 6.45) is -4.72. The number of alkyl halides is 6. The molecule has 2 aliphatic heterocycles. The number of nitrogens with one attached hydrogen (secondary N) is 1. The van der Waals surface area contributed by atoms with Crippen molar-refractivity contribution in [2.24, 2.45) is 0 Å². The van der Waals surface area contributed by atoms with Gasteiger partial charge >= 0.3 is 36.3 Å². The van der Waals surface area contributed by atoms with Gasteiger partial charge in [-0.1, -0.05) is 12.1 Å². The first-order valence-electron chi connectivity index (χ1n) is 14.9. The number of carbonyl (C=O) groups is 4. The summed E-state index contributed by atoms with van der Waals surface area (Å²) in [5, 5.41) is 28.4. The molecule has 3 aromatic rings. The largest absolute Gasteiger partial charge is 0.496 e. The molecule has 1 aromatic carbocycles. The van der Waals surface area contributed by atoms with Crippen LogP contribution in [0, 0.1) is 0 Å². The van der Waals surface area contributed by atoms with Gasteiger partial charge in [0.05, 0.1) is 18.5 Å². The number of hydrogen-bond donors (Lipinski definition) is 4. The van der Waals surface area contributed by atoms with E-state index in [-0.39, 0.29) is 12.6 Å². The molecule has 0 spiro atoms. The van der Waals surface area contributed by atoms with Crippen molar-refractivity contribution in [3.05, 3.63) is 59.4 Å². The van der Waals surface area contributed by atoms with E-state index < -0.39 is 36.2 Å². The van der Waals surface area contributed by atoms with Gasteiger partial charge in [0.1, 0.15) is 11.6 Å². The van der Waals surface area contributed by atoms with Gasteiger partial charge in [-0.15, -0.1) is 0 Å². The van der Waals surface area contributed by atoms with Crippen molar-refractivity contribution in [3.8, 4) is 5.75 Å². The van der Waals surface area contributed by atoms with Crippen molar-refractivity contribution in [2.75, 3.05) is 45.2 Å². The summed E-state index contributed by atoms with van der Waals surface area (Å²) in [7, 11) is 1.59. The van der Waals surface area contributed by atoms with Gasteiger partial charge in [0.2, 0.25) is 0 Å². The number of nitrogens with zero attached hydrogens (tertiary/aromatic N) is 4. The molecule has 0 bridgehead atoms. The van der Waals surface area contributed by atoms with Crippen molar-refractivity contribution >= 4 is 40.7 Å². The van der Waals surface area contributed by atoms with Crippen LogP contribution in [0.4, 0.5) is 37.0 Å². The van der Waals surface area contributed by atoms with E-state index in [2.05, 4.69) is 22.4 Å². The molecule has 4 heterocycles. The van der Waals surface area contributed by atoms with Crippen molar-refractivity contribution in [1.29, 1.82) is 0 Å². The van der Waals surface area contributed by atoms with Gasteiger partial charge in [-0.25, -0.2) is 19.4 Å². The quantitative estimate of drug-likeness (QED) is 0.223. The number of carbonyl (C=O) groups excluding carboxylic acids is 1. The second-order valence-electron chi connectivity index (χ2n) is 10.9. The molecule has 2 aliphatic rings. The van der Waals surface area contributed by atoms with Gasteiger partial charge < -0.3 is 35.2 Å². The summed E-state index contributed by atoms with van der Waals surface area (Å²) in [5.74, 6) is -5.64. The SMILES string of the molecule is COc1ccnc2cc([C@@H](CN3CCN(CCCc4ccc5c(n4)NCCC5)C3=O)C(=O)O)ccc12.O=C(O)C(F)(F)F.O=C(O)C(F)(F)F. The molecule has 5 rings (SSSR count). The molecule has 50 heavy (non-hydrogen) atoms. The van der Waals surface area contributed by atoms with E-state index in [0.717, 1.165) is 49.1 Å². The molecular weight excluding hydrogens is 684 g/mol. The van der Waals surface area contributed by atoms with Crippen molar-refractivity contribution < 1.29 is 65.6 Å². The number of halogens is 6. The monoisotopic (exact) mass is 717 g/mol. The van der Waals surface area contributed by atoms with Gasteiger partial charge in [0.25, 0.3) is 0 Å². The highest BCUT2D eigenvalue weighted by molar-refractivity contribution is 5.87. The number of hydrogen-bond acceptors (Lipinski definition) is 8. The Labute approximate surface area is 280 Å². The first-order chi connectivity index (χ1) is 23.4. The van der Waals surface area contributed by atoms with Gasteiger partial charge in [-0.3, -0.25) is 9.78 Å². The number of anilines is 1. The number of aliphatic carboxylic acids is 3. The molecular formula is C31H33F6N5O8. The number of benzene rings is 1. The lowest BCUT2D eigenvalue weighted by atomic mass is 9.97. The number of amides is 2. The molecule has 1 saturated heterocycles. The number of carboxylic acid groups (broad SMARTS) is 3. The van der Waals surface area contributed by atoms with E-state index in [0.29, 0.717) is 36.5 Å². The van der Waals surface area contributed by atoms with E-state index in [1.165, 1.54) is 5.56 Å². The van der Waals surface area contributed by atoms with Crippen molar-refractivity contribution in [2.45, 2.75) is 44.0 Å². The van der Waals surface area contributed by atoms with Crippen LogP contribution in [0.5, 0.6) is 5.75 Å². The topological polar surface area (TPSA) is 182 Å². The van der Waals surface area contributed by atoms with E-state index in [4.69, 9.17) is 29.5 Å². The number of carboxylic acids is 3. The summed E-state index contributed by atoms with van der Waals surface area (Å²) < 4.78 is 68.8. The summed E-state index contributed by atoms with van der Waals surface area (Å²) in [6, 6.07) is 11.3. The number of aryl methyl sites for hydroxylation is 2. The molecule has 1 fully saturated rings. The minimum absolute atomic E-state index is 0.109. The first-order valence-corrected chi connectivity index (χ1v) is 14.9. The smallest absolute Gasteiger partial charge is 0.490 e. The molecule has 0 saturated carbocycles. The second kappa shape index (κ2) is 16.8. The molecule has 1 atom stereocenters. The molecule has 0 unspecified atom stereocenters. The number of urea groups is 1. The Bertz CT molecular complexity index is 1660. The zero-order valence-electron chi connectivity index (χ0n) is 26.4. The summed E-state index contributed by atoms with van der Waals surface area (Å²) in [4.78, 5) is 55.5. The lowest BCUT2D eigenvalue weighted by Crippen LogP contribution is -2.36. The fourth-order valence-corrected chi connectivity index (χ4v) is 5.05. The highest BCUT2D eigenvalue weighted by Crippen LogP contribution is 2.28. The molecule has 0 aliphatic carbocycles. The summed E-state index contributed by atoms with van der Waals surface area (Å²) in [6.45, 7) is 2.82. The van der Waals surface area contributed by atoms with E-state index in [9.17, 15) is 41.0 Å². The molecule has 19 heteroatoms. The number of rotatable bonds is 9. The fraction of sp³-hybridized carbons (Fsp3) is 0.419. The Morgan fingerprint density at radius 2 is 1.60 bits per heavy atom. The Kier molecular flexibility index (Phi) is 13.2. The fourth-order valence-electron chi connectivity index (χ4n) is 5.05. The number of ether oxygens (including phenoxy) is 1. The first kappa shape index (κ1) is 39.1. The van der Waals surface area contributed by atoms with Gasteiger partial charge in [-0.2, -0.15) is 26.3 Å². The predicted octanol–water partition coefficient (Wildman–Crippen LogP) is 4.80. The Balaban J connectivity index is 0.000000408. The molecule has 2 amide bonds. The molecule has 2 aromatic heterocycles. The predicted molar refractivity (Wildman–Crippen MR) is 164 cm³/mol. The lowest BCUT2D eigenvalue weighted by molar-refractivity contribution is -0.193. The van der Waals surface area contributed by atoms with Gasteiger partial charge in [0, 0.05) is 50.0 Å². The normalized spacial score (nSPS) is 14.7. The Morgan fingerprint density at radius 1 is 0.960 bits per heavy atom. The standard InChI is InChI=1S/C27H31N5O4.2C2HF3O2/c1-36-24-10-12-28-23-16-19(7-9-21(23)24)22(26(33)34)17-32-15-14-31(27(32)35)13-3-5-20-8-6-18-4-2-11-29-25(18)30-20;2*3-2(4,5)1(6)7/h6-10,12,16,22H,2-5,11,13-15,17H2,1H3,(H,29,30)(H,33,34);2*(H,6,7)/t22-;;/m1../s1. The summed E-state index contributed by atoms with van der Waals surface area (Å²) in [5.41, 5.74) is 3.58. The van der Waals surface area contributed by atoms with Gasteiger partial charge in [-0.05, 0) is 61.1 Å². The second-order valence-corrected chi connectivity index (χ2v) is 10.9. The molecule has 0 radical (unpaired) electrons. The average Bonchev–Trinajstić information content (AvgIpc) is 3.40. The van der Waals surface area contributed by atoms with E-state index in [1.54, 1.807) is 36.4 Å². The maximum atomic E-state index is 13.0. The highest BCUT2D eigenvalue weighted by atomic mass is 19.4. The summed E-state index contributed by atoms with van der Waals surface area (Å²) >= 11 is 0. The van der Waals surface area contributed by atoms with Crippen LogP contribution in [-0.4, -0.2) is 111 Å². The van der Waals surface area contributed by atoms with Crippen LogP contribution < -0.4 is 10.1 Å². The number of fused-ring (bicyclic) bond motifs is 2. The van der Waals surface area contributed by atoms with Crippen molar-refractivity contribution in [3.63, 3.8) is 0 Å². The minimum atomic E-state index is -5.08. The van der Waals surface area contributed by atoms with Crippen LogP contribution in [0.1, 0.15) is 35.6 Å². The molecule has 4 N–H and O–H groups in total. The zero-order chi connectivity index (χ0) is 37.2. The maximum Gasteiger partial charge on any atom is 0.490 e. The highest BCUT2D eigenvalue weighted by Gasteiger charge is 2.39. The number of methoxy groups -OCH3 is 1. The van der Waals surface area contributed by atoms with E-state index >= 15 is 0 Å². The maximum absolute atomic E-state index is 13.0. The van der Waals surface area contributed by atoms with Crippen molar-refractivity contribution in [1.82, 2.24) is 19.8 Å². The molecule has 272 valence electrons. The van der Waals surface area contributed by atoms with Crippen LogP contribution in [0.3, 0.4) is 0 Å². The van der Waals surface area contributed by atoms with Crippen LogP contribution in [0.25, 0.3) is 10.9 Å². The third kappa shape index (κ3) is 10.8. The van der Waals surface area contributed by atoms with Crippen LogP contribution in [-0.2, 0) is 27.2 Å². The third-order valence-electron chi connectivity index (χ3n) is 7.53.